The van der Waals surface area contributed by atoms with E-state index in [1.54, 1.807) is 13.8 Å². The highest BCUT2D eigenvalue weighted by molar-refractivity contribution is 6.07. The minimum absolute atomic E-state index is 0.0356. The summed E-state index contributed by atoms with van der Waals surface area (Å²) in [7, 11) is 0. The molecule has 0 spiro atoms. The summed E-state index contributed by atoms with van der Waals surface area (Å²) in [5.74, 6) is -1.66. The van der Waals surface area contributed by atoms with Gasteiger partial charge in [0.05, 0.1) is 5.56 Å². The molecule has 0 aliphatic rings. The largest absolute Gasteiger partial charge is 0.507 e. The van der Waals surface area contributed by atoms with Gasteiger partial charge in [0.25, 0.3) is 0 Å². The molecule has 0 amide bonds. The van der Waals surface area contributed by atoms with Gasteiger partial charge < -0.3 is 15.3 Å². The first-order chi connectivity index (χ1) is 6.91. The monoisotopic (exact) mass is 208 g/mol. The lowest BCUT2D eigenvalue weighted by atomic mass is 10.1. The lowest BCUT2D eigenvalue weighted by Crippen LogP contribution is -1.95. The van der Waals surface area contributed by atoms with E-state index in [0.29, 0.717) is 0 Å². The van der Waals surface area contributed by atoms with Crippen molar-refractivity contribution in [1.29, 1.82) is 0 Å². The fourth-order valence-corrected chi connectivity index (χ4v) is 1.10. The Kier molecular flexibility index (Phi) is 2.99. The molecule has 1 aromatic rings. The number of ketones is 1. The molecule has 0 fully saturated rings. The van der Waals surface area contributed by atoms with Gasteiger partial charge in [0, 0.05) is 6.07 Å². The van der Waals surface area contributed by atoms with Gasteiger partial charge in [0.15, 0.2) is 17.3 Å². The Bertz CT molecular complexity index is 428. The second-order valence-electron chi connectivity index (χ2n) is 3.44. The van der Waals surface area contributed by atoms with Crippen LogP contribution in [0.15, 0.2) is 23.8 Å². The van der Waals surface area contributed by atoms with Crippen molar-refractivity contribution in [1.82, 2.24) is 0 Å². The van der Waals surface area contributed by atoms with Crippen molar-refractivity contribution in [2.45, 2.75) is 13.8 Å². The molecule has 80 valence electrons. The van der Waals surface area contributed by atoms with Crippen molar-refractivity contribution in [3.63, 3.8) is 0 Å². The molecule has 0 saturated heterocycles. The number of carbonyl (C=O) groups excluding carboxylic acids is 1. The highest BCUT2D eigenvalue weighted by Crippen LogP contribution is 2.32. The van der Waals surface area contributed by atoms with Crippen LogP contribution in [0, 0.1) is 0 Å². The molecule has 4 heteroatoms. The van der Waals surface area contributed by atoms with Gasteiger partial charge in [-0.3, -0.25) is 4.79 Å². The van der Waals surface area contributed by atoms with E-state index in [-0.39, 0.29) is 11.3 Å². The summed E-state index contributed by atoms with van der Waals surface area (Å²) in [6, 6.07) is 1.97. The van der Waals surface area contributed by atoms with Crippen molar-refractivity contribution in [2.75, 3.05) is 0 Å². The van der Waals surface area contributed by atoms with E-state index in [0.717, 1.165) is 17.7 Å². The number of phenols is 3. The predicted octanol–water partition coefficient (Wildman–Crippen LogP) is 1.95. The second-order valence-corrected chi connectivity index (χ2v) is 3.44. The van der Waals surface area contributed by atoms with Crippen LogP contribution in [-0.4, -0.2) is 21.1 Å². The van der Waals surface area contributed by atoms with Crippen molar-refractivity contribution in [3.8, 4) is 17.2 Å². The van der Waals surface area contributed by atoms with E-state index in [2.05, 4.69) is 0 Å². The summed E-state index contributed by atoms with van der Waals surface area (Å²) < 4.78 is 0. The van der Waals surface area contributed by atoms with Crippen LogP contribution in [0.2, 0.25) is 0 Å². The Morgan fingerprint density at radius 1 is 1.07 bits per heavy atom. The van der Waals surface area contributed by atoms with E-state index >= 15 is 0 Å². The van der Waals surface area contributed by atoms with Crippen LogP contribution in [0.1, 0.15) is 24.2 Å². The average Bonchev–Trinajstić information content (AvgIpc) is 2.09. The van der Waals surface area contributed by atoms with Crippen LogP contribution >= 0.6 is 0 Å². The summed E-state index contributed by atoms with van der Waals surface area (Å²) in [6.45, 7) is 3.49. The Hall–Kier alpha value is -1.97. The van der Waals surface area contributed by atoms with Crippen LogP contribution in [-0.2, 0) is 0 Å². The number of aromatic hydroxyl groups is 3. The molecule has 0 saturated carbocycles. The van der Waals surface area contributed by atoms with Crippen molar-refractivity contribution < 1.29 is 20.1 Å². The van der Waals surface area contributed by atoms with Crippen molar-refractivity contribution in [3.05, 3.63) is 29.3 Å². The summed E-state index contributed by atoms with van der Waals surface area (Å²) in [5.41, 5.74) is 0.749. The highest BCUT2D eigenvalue weighted by atomic mass is 16.3. The fourth-order valence-electron chi connectivity index (χ4n) is 1.10. The Balaban J connectivity index is 3.21. The lowest BCUT2D eigenvalue weighted by Gasteiger charge is -2.03. The number of allylic oxidation sites excluding steroid dienone is 2. The van der Waals surface area contributed by atoms with E-state index < -0.39 is 17.3 Å². The van der Waals surface area contributed by atoms with E-state index in [1.165, 1.54) is 6.08 Å². The molecular formula is C11H12O4. The predicted molar refractivity (Wildman–Crippen MR) is 55.2 cm³/mol. The lowest BCUT2D eigenvalue weighted by molar-refractivity contribution is 0.104. The van der Waals surface area contributed by atoms with Gasteiger partial charge in [-0.05, 0) is 26.0 Å². The maximum atomic E-state index is 11.5. The molecule has 0 aromatic heterocycles. The van der Waals surface area contributed by atoms with Crippen LogP contribution < -0.4 is 0 Å². The molecule has 3 N–H and O–H groups in total. The summed E-state index contributed by atoms with van der Waals surface area (Å²) in [4.78, 5) is 11.5. The Morgan fingerprint density at radius 3 is 2.13 bits per heavy atom. The van der Waals surface area contributed by atoms with Crippen LogP contribution in [0.4, 0.5) is 0 Å². The topological polar surface area (TPSA) is 77.8 Å². The van der Waals surface area contributed by atoms with Crippen LogP contribution in [0.5, 0.6) is 17.2 Å². The fraction of sp³-hybridized carbons (Fsp3) is 0.182. The molecule has 0 unspecified atom stereocenters. The van der Waals surface area contributed by atoms with Gasteiger partial charge in [0.2, 0.25) is 0 Å². The molecule has 0 heterocycles. The Morgan fingerprint density at radius 2 is 1.60 bits per heavy atom. The van der Waals surface area contributed by atoms with Gasteiger partial charge in [0.1, 0.15) is 5.75 Å². The van der Waals surface area contributed by atoms with Gasteiger partial charge in [-0.15, -0.1) is 0 Å². The smallest absolute Gasteiger partial charge is 0.189 e. The number of phenolic OH excluding ortho intramolecular Hbond substituents is 3. The average molecular weight is 208 g/mol. The van der Waals surface area contributed by atoms with Gasteiger partial charge in [-0.1, -0.05) is 5.57 Å². The molecule has 1 rings (SSSR count). The number of hydrogen-bond donors (Lipinski definition) is 3. The maximum absolute atomic E-state index is 11.5. The zero-order chi connectivity index (χ0) is 11.6. The molecule has 0 aliphatic carbocycles. The summed E-state index contributed by atoms with van der Waals surface area (Å²) in [6.07, 6.45) is 1.34. The van der Waals surface area contributed by atoms with Crippen molar-refractivity contribution >= 4 is 5.78 Å². The minimum Gasteiger partial charge on any atom is -0.507 e. The van der Waals surface area contributed by atoms with Crippen LogP contribution in [0.25, 0.3) is 0 Å². The van der Waals surface area contributed by atoms with Gasteiger partial charge in [-0.2, -0.15) is 0 Å². The zero-order valence-corrected chi connectivity index (χ0v) is 8.48. The summed E-state index contributed by atoms with van der Waals surface area (Å²) >= 11 is 0. The molecular weight excluding hydrogens is 196 g/mol. The number of hydrogen-bond acceptors (Lipinski definition) is 4. The summed E-state index contributed by atoms with van der Waals surface area (Å²) in [5, 5.41) is 27.6. The first-order valence-electron chi connectivity index (χ1n) is 4.36. The number of carbonyl (C=O) groups is 1. The third kappa shape index (κ3) is 2.49. The van der Waals surface area contributed by atoms with Gasteiger partial charge >= 0.3 is 0 Å². The molecule has 15 heavy (non-hydrogen) atoms. The Labute approximate surface area is 87.1 Å². The number of rotatable bonds is 2. The first-order valence-corrected chi connectivity index (χ1v) is 4.36. The van der Waals surface area contributed by atoms with E-state index in [9.17, 15) is 15.0 Å². The second kappa shape index (κ2) is 4.04. The molecule has 0 bridgehead atoms. The highest BCUT2D eigenvalue weighted by Gasteiger charge is 2.12. The quantitative estimate of drug-likeness (QED) is 0.300. The minimum atomic E-state index is -0.457. The molecule has 0 atom stereocenters. The normalized spacial score (nSPS) is 9.73. The molecule has 0 aliphatic heterocycles. The standard InChI is InChI=1S/C11H12O4/c1-6(2)3-8(12)7-4-10(14)11(15)5-9(7)13/h3-5,13-15H,1-2H3. The van der Waals surface area contributed by atoms with Crippen LogP contribution in [0.3, 0.4) is 0 Å². The molecule has 4 nitrogen and oxygen atoms in total. The van der Waals surface area contributed by atoms with Gasteiger partial charge in [-0.25, -0.2) is 0 Å². The first kappa shape index (κ1) is 11.1. The van der Waals surface area contributed by atoms with E-state index in [4.69, 9.17) is 5.11 Å². The van der Waals surface area contributed by atoms with Crippen molar-refractivity contribution in [2.24, 2.45) is 0 Å². The third-order valence-electron chi connectivity index (χ3n) is 1.78. The zero-order valence-electron chi connectivity index (χ0n) is 8.48. The third-order valence-corrected chi connectivity index (χ3v) is 1.78. The van der Waals surface area contributed by atoms with E-state index in [1.807, 2.05) is 0 Å². The maximum Gasteiger partial charge on any atom is 0.189 e. The molecule has 0 radical (unpaired) electrons. The molecule has 1 aromatic carbocycles. The number of benzene rings is 1. The SMILES string of the molecule is CC(C)=CC(=O)c1cc(O)c(O)cc1O.